The molecule has 0 aliphatic carbocycles. The van der Waals surface area contributed by atoms with Gasteiger partial charge in [0.25, 0.3) is 0 Å². The van der Waals surface area contributed by atoms with Crippen LogP contribution in [0.15, 0.2) is 22.3 Å². The predicted molar refractivity (Wildman–Crippen MR) is 52.2 cm³/mol. The standard InChI is InChI=1S/C8H11IO/c1-2-3-4-5-8(10)6-7-9/h3-4,6-7H,2,5H2,1H3. The molecule has 0 N–H and O–H groups in total. The Morgan fingerprint density at radius 2 is 2.20 bits per heavy atom. The molecule has 0 aromatic heterocycles. The molecule has 0 spiro atoms. The summed E-state index contributed by atoms with van der Waals surface area (Å²) in [4.78, 5) is 10.8. The fraction of sp³-hybridized carbons (Fsp3) is 0.375. The zero-order valence-corrected chi connectivity index (χ0v) is 8.17. The molecule has 0 aliphatic rings. The van der Waals surface area contributed by atoms with Crippen LogP contribution in [0.2, 0.25) is 0 Å². The van der Waals surface area contributed by atoms with Crippen LogP contribution >= 0.6 is 22.6 Å². The molecule has 0 bridgehead atoms. The highest BCUT2D eigenvalue weighted by atomic mass is 127. The van der Waals surface area contributed by atoms with Crippen LogP contribution in [0.1, 0.15) is 19.8 Å². The van der Waals surface area contributed by atoms with Gasteiger partial charge < -0.3 is 0 Å². The number of hydrogen-bond donors (Lipinski definition) is 0. The van der Waals surface area contributed by atoms with Gasteiger partial charge in [-0.2, -0.15) is 0 Å². The van der Waals surface area contributed by atoms with Crippen molar-refractivity contribution >= 4 is 28.4 Å². The zero-order valence-electron chi connectivity index (χ0n) is 6.01. The van der Waals surface area contributed by atoms with Crippen LogP contribution in [-0.4, -0.2) is 5.78 Å². The highest BCUT2D eigenvalue weighted by molar-refractivity contribution is 14.1. The summed E-state index contributed by atoms with van der Waals surface area (Å²) < 4.78 is 1.74. The van der Waals surface area contributed by atoms with Gasteiger partial charge >= 0.3 is 0 Å². The molecule has 0 rings (SSSR count). The van der Waals surface area contributed by atoms with Crippen LogP contribution in [0.5, 0.6) is 0 Å². The van der Waals surface area contributed by atoms with Gasteiger partial charge in [-0.15, -0.1) is 0 Å². The Labute approximate surface area is 75.3 Å². The van der Waals surface area contributed by atoms with Crippen molar-refractivity contribution in [3.63, 3.8) is 0 Å². The van der Waals surface area contributed by atoms with Crippen LogP contribution in [0.3, 0.4) is 0 Å². The average Bonchev–Trinajstić information content (AvgIpc) is 1.89. The molecule has 10 heavy (non-hydrogen) atoms. The molecule has 0 aliphatic heterocycles. The van der Waals surface area contributed by atoms with Crippen LogP contribution in [0, 0.1) is 0 Å². The number of carbonyl (C=O) groups excluding carboxylic acids is 1. The Kier molecular flexibility index (Phi) is 6.91. The maximum Gasteiger partial charge on any atom is 0.159 e. The summed E-state index contributed by atoms with van der Waals surface area (Å²) in [5.74, 6) is 0.166. The van der Waals surface area contributed by atoms with Gasteiger partial charge in [-0.05, 0) is 16.6 Å². The molecule has 0 fully saturated rings. The third-order valence-electron chi connectivity index (χ3n) is 0.970. The van der Waals surface area contributed by atoms with E-state index in [1.54, 1.807) is 10.2 Å². The Morgan fingerprint density at radius 3 is 2.70 bits per heavy atom. The molecule has 0 saturated heterocycles. The molecule has 1 nitrogen and oxygen atoms in total. The van der Waals surface area contributed by atoms with Crippen molar-refractivity contribution in [3.05, 3.63) is 22.3 Å². The molecule has 2 heteroatoms. The lowest BCUT2D eigenvalue weighted by Crippen LogP contribution is -1.86. The molecule has 0 saturated carbocycles. The monoisotopic (exact) mass is 250 g/mol. The fourth-order valence-corrected chi connectivity index (χ4v) is 0.906. The first kappa shape index (κ1) is 9.88. The van der Waals surface area contributed by atoms with Gasteiger partial charge in [0.1, 0.15) is 0 Å². The van der Waals surface area contributed by atoms with Gasteiger partial charge in [0.2, 0.25) is 0 Å². The highest BCUT2D eigenvalue weighted by Gasteiger charge is 1.88. The van der Waals surface area contributed by atoms with Gasteiger partial charge in [-0.1, -0.05) is 41.7 Å². The van der Waals surface area contributed by atoms with E-state index in [1.165, 1.54) is 0 Å². The van der Waals surface area contributed by atoms with E-state index in [-0.39, 0.29) is 5.78 Å². The summed E-state index contributed by atoms with van der Waals surface area (Å²) in [6.45, 7) is 2.05. The van der Waals surface area contributed by atoms with Crippen LogP contribution in [-0.2, 0) is 4.79 Å². The molecule has 0 unspecified atom stereocenters. The number of hydrogen-bond acceptors (Lipinski definition) is 1. The molecule has 0 aromatic rings. The normalized spacial score (nSPS) is 11.4. The number of halogens is 1. The van der Waals surface area contributed by atoms with E-state index in [4.69, 9.17) is 0 Å². The molecule has 0 radical (unpaired) electrons. The number of allylic oxidation sites excluding steroid dienone is 3. The van der Waals surface area contributed by atoms with E-state index in [1.807, 2.05) is 34.7 Å². The van der Waals surface area contributed by atoms with Crippen molar-refractivity contribution < 1.29 is 4.79 Å². The Hall–Kier alpha value is -0.120. The number of rotatable bonds is 4. The van der Waals surface area contributed by atoms with Crippen molar-refractivity contribution in [2.24, 2.45) is 0 Å². The highest BCUT2D eigenvalue weighted by Crippen LogP contribution is 1.92. The minimum atomic E-state index is 0.166. The molecule has 0 heterocycles. The first-order valence-corrected chi connectivity index (χ1v) is 4.50. The Bertz CT molecular complexity index is 147. The lowest BCUT2D eigenvalue weighted by Gasteiger charge is -1.83. The van der Waals surface area contributed by atoms with Crippen molar-refractivity contribution in [2.75, 3.05) is 0 Å². The first-order chi connectivity index (χ1) is 4.81. The van der Waals surface area contributed by atoms with E-state index in [2.05, 4.69) is 6.92 Å². The van der Waals surface area contributed by atoms with E-state index in [0.717, 1.165) is 6.42 Å². The zero-order chi connectivity index (χ0) is 7.82. The van der Waals surface area contributed by atoms with Crippen molar-refractivity contribution in [1.29, 1.82) is 0 Å². The lowest BCUT2D eigenvalue weighted by molar-refractivity contribution is -0.113. The minimum absolute atomic E-state index is 0.166. The van der Waals surface area contributed by atoms with Gasteiger partial charge in [0.15, 0.2) is 5.78 Å². The third kappa shape index (κ3) is 6.01. The van der Waals surface area contributed by atoms with Crippen molar-refractivity contribution in [3.8, 4) is 0 Å². The SMILES string of the molecule is CCC=CCC(=O)C=CI. The maximum absolute atomic E-state index is 10.8. The van der Waals surface area contributed by atoms with Crippen LogP contribution < -0.4 is 0 Å². The second-order valence-corrected chi connectivity index (χ2v) is 2.56. The van der Waals surface area contributed by atoms with Crippen molar-refractivity contribution in [1.82, 2.24) is 0 Å². The minimum Gasteiger partial charge on any atom is -0.294 e. The molecular formula is C8H11IO. The molecule has 0 aromatic carbocycles. The van der Waals surface area contributed by atoms with Gasteiger partial charge in [-0.25, -0.2) is 0 Å². The first-order valence-electron chi connectivity index (χ1n) is 3.25. The average molecular weight is 250 g/mol. The molecule has 0 atom stereocenters. The van der Waals surface area contributed by atoms with Gasteiger partial charge in [0.05, 0.1) is 0 Å². The second-order valence-electron chi connectivity index (χ2n) is 1.84. The van der Waals surface area contributed by atoms with Gasteiger partial charge in [-0.3, -0.25) is 4.79 Å². The third-order valence-corrected chi connectivity index (χ3v) is 1.33. The number of ketones is 1. The molecule has 0 amide bonds. The summed E-state index contributed by atoms with van der Waals surface area (Å²) in [7, 11) is 0. The lowest BCUT2D eigenvalue weighted by atomic mass is 10.2. The van der Waals surface area contributed by atoms with Crippen LogP contribution in [0.4, 0.5) is 0 Å². The fourth-order valence-electron chi connectivity index (χ4n) is 0.504. The summed E-state index contributed by atoms with van der Waals surface area (Å²) in [6.07, 6.45) is 7.02. The Morgan fingerprint density at radius 1 is 1.50 bits per heavy atom. The second kappa shape index (κ2) is 6.99. The molecular weight excluding hydrogens is 239 g/mol. The van der Waals surface area contributed by atoms with E-state index in [0.29, 0.717) is 6.42 Å². The topological polar surface area (TPSA) is 17.1 Å². The summed E-state index contributed by atoms with van der Waals surface area (Å²) in [5.41, 5.74) is 0. The quantitative estimate of drug-likeness (QED) is 0.426. The van der Waals surface area contributed by atoms with E-state index < -0.39 is 0 Å². The Balaban J connectivity index is 3.49. The summed E-state index contributed by atoms with van der Waals surface area (Å²) in [5, 5.41) is 0. The van der Waals surface area contributed by atoms with E-state index >= 15 is 0 Å². The smallest absolute Gasteiger partial charge is 0.159 e. The maximum atomic E-state index is 10.8. The number of carbonyl (C=O) groups is 1. The molecule has 56 valence electrons. The van der Waals surface area contributed by atoms with Crippen molar-refractivity contribution in [2.45, 2.75) is 19.8 Å². The largest absolute Gasteiger partial charge is 0.294 e. The summed E-state index contributed by atoms with van der Waals surface area (Å²) >= 11 is 2.04. The van der Waals surface area contributed by atoms with Gasteiger partial charge in [0, 0.05) is 6.42 Å². The predicted octanol–water partition coefficient (Wildman–Crippen LogP) is 2.86. The van der Waals surface area contributed by atoms with Crippen LogP contribution in [0.25, 0.3) is 0 Å². The van der Waals surface area contributed by atoms with E-state index in [9.17, 15) is 4.79 Å². The summed E-state index contributed by atoms with van der Waals surface area (Å²) in [6, 6.07) is 0.